The monoisotopic (exact) mass is 393 g/mol. The number of nitrogens with zero attached hydrogens (tertiary/aromatic N) is 3. The number of alkyl halides is 3. The molecule has 0 aliphatic carbocycles. The summed E-state index contributed by atoms with van der Waals surface area (Å²) in [6.07, 6.45) is 0.444. The maximum atomic E-state index is 12.3. The first-order valence-electron chi connectivity index (χ1n) is 8.69. The maximum Gasteiger partial charge on any atom is 0.573 e. The zero-order chi connectivity index (χ0) is 19.6. The van der Waals surface area contributed by atoms with E-state index < -0.39 is 6.36 Å². The number of ether oxygens (including phenoxy) is 2. The summed E-state index contributed by atoms with van der Waals surface area (Å²) in [5.74, 6) is 1.33. The minimum atomic E-state index is -4.71. The van der Waals surface area contributed by atoms with Crippen LogP contribution in [0.3, 0.4) is 0 Å². The van der Waals surface area contributed by atoms with Gasteiger partial charge in [-0.25, -0.2) is 9.97 Å². The summed E-state index contributed by atoms with van der Waals surface area (Å²) in [6, 6.07) is 5.58. The number of hydrogen-bond donors (Lipinski definition) is 2. The summed E-state index contributed by atoms with van der Waals surface area (Å²) in [4.78, 5) is 17.3. The van der Waals surface area contributed by atoms with E-state index in [1.54, 1.807) is 30.7 Å². The fraction of sp³-hybridized carbons (Fsp3) is 0.333. The third-order valence-electron chi connectivity index (χ3n) is 4.46. The van der Waals surface area contributed by atoms with E-state index in [2.05, 4.69) is 29.6 Å². The molecular weight excluding hydrogens is 375 g/mol. The van der Waals surface area contributed by atoms with Gasteiger partial charge in [-0.05, 0) is 29.8 Å². The van der Waals surface area contributed by atoms with Crippen molar-refractivity contribution in [3.63, 3.8) is 0 Å². The highest BCUT2D eigenvalue weighted by Crippen LogP contribution is 2.28. The molecule has 3 heterocycles. The number of nitrogens with one attached hydrogen (secondary N) is 2. The molecule has 1 aromatic carbocycles. The van der Waals surface area contributed by atoms with Crippen LogP contribution >= 0.6 is 0 Å². The van der Waals surface area contributed by atoms with Crippen LogP contribution in [-0.2, 0) is 11.3 Å². The average molecular weight is 393 g/mol. The van der Waals surface area contributed by atoms with Crippen molar-refractivity contribution in [3.05, 3.63) is 54.5 Å². The maximum absolute atomic E-state index is 12.3. The van der Waals surface area contributed by atoms with Crippen molar-refractivity contribution in [3.8, 4) is 17.0 Å². The Bertz CT molecular complexity index is 893. The van der Waals surface area contributed by atoms with Gasteiger partial charge in [0.25, 0.3) is 0 Å². The first-order valence-corrected chi connectivity index (χ1v) is 8.69. The second-order valence-corrected chi connectivity index (χ2v) is 6.35. The van der Waals surface area contributed by atoms with Crippen molar-refractivity contribution in [2.45, 2.75) is 18.9 Å². The highest BCUT2D eigenvalue weighted by atomic mass is 19.4. The molecule has 0 saturated carbocycles. The molecule has 1 atom stereocenters. The smallest absolute Gasteiger partial charge is 0.406 e. The third-order valence-corrected chi connectivity index (χ3v) is 4.46. The highest BCUT2D eigenvalue weighted by Gasteiger charge is 2.31. The molecule has 0 amide bonds. The molecule has 0 bridgehead atoms. The van der Waals surface area contributed by atoms with E-state index in [-0.39, 0.29) is 11.8 Å². The van der Waals surface area contributed by atoms with E-state index in [1.807, 2.05) is 0 Å². The van der Waals surface area contributed by atoms with Gasteiger partial charge >= 0.3 is 6.36 Å². The summed E-state index contributed by atoms with van der Waals surface area (Å²) >= 11 is 0. The van der Waals surface area contributed by atoms with Crippen molar-refractivity contribution in [2.24, 2.45) is 0 Å². The molecule has 2 N–H and O–H groups in total. The lowest BCUT2D eigenvalue weighted by molar-refractivity contribution is -0.274. The van der Waals surface area contributed by atoms with Crippen molar-refractivity contribution in [1.82, 2.24) is 24.8 Å². The highest BCUT2D eigenvalue weighted by molar-refractivity contribution is 5.59. The average Bonchev–Trinajstić information content (AvgIpc) is 3.34. The molecule has 0 unspecified atom stereocenters. The molecule has 2 aromatic heterocycles. The quantitative estimate of drug-likeness (QED) is 0.696. The van der Waals surface area contributed by atoms with Crippen LogP contribution in [0.5, 0.6) is 5.75 Å². The second kappa shape index (κ2) is 7.64. The number of rotatable bonds is 5. The Morgan fingerprint density at radius 1 is 1.21 bits per heavy atom. The van der Waals surface area contributed by atoms with Crippen molar-refractivity contribution in [2.75, 3.05) is 19.8 Å². The van der Waals surface area contributed by atoms with Gasteiger partial charge in [-0.2, -0.15) is 0 Å². The fourth-order valence-corrected chi connectivity index (χ4v) is 3.14. The van der Waals surface area contributed by atoms with Crippen LogP contribution in [0.2, 0.25) is 0 Å². The number of benzene rings is 1. The minimum absolute atomic E-state index is 0.0690. The zero-order valence-corrected chi connectivity index (χ0v) is 14.7. The van der Waals surface area contributed by atoms with Crippen molar-refractivity contribution < 1.29 is 22.6 Å². The number of morpholine rings is 1. The number of imidazole rings is 2. The predicted molar refractivity (Wildman–Crippen MR) is 93.3 cm³/mol. The van der Waals surface area contributed by atoms with Gasteiger partial charge in [0.1, 0.15) is 17.4 Å². The number of H-pyrrole nitrogens is 2. The number of hydrogen-bond acceptors (Lipinski definition) is 5. The van der Waals surface area contributed by atoms with Crippen LogP contribution in [0.25, 0.3) is 11.3 Å². The summed E-state index contributed by atoms with van der Waals surface area (Å²) in [5, 5.41) is 0. The van der Waals surface area contributed by atoms with E-state index in [1.165, 1.54) is 12.1 Å². The lowest BCUT2D eigenvalue weighted by Crippen LogP contribution is -2.39. The summed E-state index contributed by atoms with van der Waals surface area (Å²) in [6.45, 7) is 2.50. The third kappa shape index (κ3) is 4.34. The van der Waals surface area contributed by atoms with Crippen LogP contribution < -0.4 is 4.74 Å². The molecule has 1 fully saturated rings. The van der Waals surface area contributed by atoms with Crippen molar-refractivity contribution in [1.29, 1.82) is 0 Å². The molecule has 3 aromatic rings. The topological polar surface area (TPSA) is 79.1 Å². The number of aromatic amines is 2. The normalized spacial score (nSPS) is 18.3. The van der Waals surface area contributed by atoms with E-state index in [9.17, 15) is 13.2 Å². The Morgan fingerprint density at radius 3 is 2.75 bits per heavy atom. The van der Waals surface area contributed by atoms with Crippen LogP contribution in [0, 0.1) is 0 Å². The van der Waals surface area contributed by atoms with Gasteiger partial charge in [0.2, 0.25) is 0 Å². The molecule has 28 heavy (non-hydrogen) atoms. The minimum Gasteiger partial charge on any atom is -0.406 e. The Hall–Kier alpha value is -2.85. The number of halogens is 3. The predicted octanol–water partition coefficient (Wildman–Crippen LogP) is 3.27. The molecular formula is C18H18F3N5O2. The van der Waals surface area contributed by atoms with Gasteiger partial charge in [-0.3, -0.25) is 4.90 Å². The van der Waals surface area contributed by atoms with Crippen LogP contribution in [0.1, 0.15) is 17.7 Å². The molecule has 1 aliphatic heterocycles. The standard InChI is InChI=1S/C18H18F3N5O2/c19-18(20,21)28-13-3-1-12(2-4-13)14-9-24-17(25-14)15-11-27-8-7-26(15)10-16-22-5-6-23-16/h1-6,9,15H,7-8,10-11H2,(H,22,23)(H,24,25)/t15-/m0/s1. The molecule has 7 nitrogen and oxygen atoms in total. The van der Waals surface area contributed by atoms with Gasteiger partial charge in [0, 0.05) is 18.9 Å². The van der Waals surface area contributed by atoms with Crippen LogP contribution in [0.15, 0.2) is 42.9 Å². The van der Waals surface area contributed by atoms with Crippen LogP contribution in [0.4, 0.5) is 13.2 Å². The van der Waals surface area contributed by atoms with Crippen LogP contribution in [-0.4, -0.2) is 51.0 Å². The molecule has 1 aliphatic rings. The lowest BCUT2D eigenvalue weighted by Gasteiger charge is -2.33. The first kappa shape index (κ1) is 18.5. The Morgan fingerprint density at radius 2 is 2.04 bits per heavy atom. The van der Waals surface area contributed by atoms with E-state index in [0.29, 0.717) is 31.0 Å². The molecule has 4 rings (SSSR count). The molecule has 148 valence electrons. The molecule has 0 radical (unpaired) electrons. The number of aromatic nitrogens is 4. The Kier molecular flexibility index (Phi) is 5.05. The molecule has 1 saturated heterocycles. The Labute approximate surface area is 158 Å². The van der Waals surface area contributed by atoms with Crippen molar-refractivity contribution >= 4 is 0 Å². The summed E-state index contributed by atoms with van der Waals surface area (Å²) in [7, 11) is 0. The lowest BCUT2D eigenvalue weighted by atomic mass is 10.1. The van der Waals surface area contributed by atoms with Gasteiger partial charge in [-0.1, -0.05) is 0 Å². The zero-order valence-electron chi connectivity index (χ0n) is 14.7. The Balaban J connectivity index is 1.49. The fourth-order valence-electron chi connectivity index (χ4n) is 3.14. The second-order valence-electron chi connectivity index (χ2n) is 6.35. The molecule has 10 heteroatoms. The van der Waals surface area contributed by atoms with Gasteiger partial charge in [-0.15, -0.1) is 13.2 Å². The van der Waals surface area contributed by atoms with E-state index >= 15 is 0 Å². The molecule has 0 spiro atoms. The largest absolute Gasteiger partial charge is 0.573 e. The van der Waals surface area contributed by atoms with E-state index in [0.717, 1.165) is 18.2 Å². The summed E-state index contributed by atoms with van der Waals surface area (Å²) < 4.78 is 46.4. The van der Waals surface area contributed by atoms with Gasteiger partial charge in [0.15, 0.2) is 0 Å². The summed E-state index contributed by atoms with van der Waals surface area (Å²) in [5.41, 5.74) is 1.42. The SMILES string of the molecule is FC(F)(F)Oc1ccc(-c2cnc([C@@H]3COCCN3Cc3ncc[nH]3)[nH]2)cc1. The van der Waals surface area contributed by atoms with E-state index in [4.69, 9.17) is 4.74 Å². The first-order chi connectivity index (χ1) is 13.5. The van der Waals surface area contributed by atoms with Gasteiger partial charge in [0.05, 0.1) is 37.7 Å². The van der Waals surface area contributed by atoms with Gasteiger partial charge < -0.3 is 19.4 Å².